The summed E-state index contributed by atoms with van der Waals surface area (Å²) in [4.78, 5) is 23.4. The number of rotatable bonds is 6. The summed E-state index contributed by atoms with van der Waals surface area (Å²) in [6, 6.07) is 31.2. The van der Waals surface area contributed by atoms with E-state index in [1.165, 1.54) is 10.8 Å². The number of hydrogen-bond donors (Lipinski definition) is 1. The van der Waals surface area contributed by atoms with Crippen molar-refractivity contribution in [2.45, 2.75) is 31.2 Å². The molecule has 1 aliphatic rings. The summed E-state index contributed by atoms with van der Waals surface area (Å²) in [6.07, 6.45) is 2.46. The Morgan fingerprint density at radius 2 is 1.50 bits per heavy atom. The Kier molecular flexibility index (Phi) is 8.42. The number of carbonyl (C=O) groups is 2. The molecule has 0 saturated heterocycles. The van der Waals surface area contributed by atoms with Crippen molar-refractivity contribution in [1.29, 1.82) is 0 Å². The Bertz CT molecular complexity index is 1420. The zero-order valence-corrected chi connectivity index (χ0v) is 20.5. The predicted octanol–water partition coefficient (Wildman–Crippen LogP) is 5.30. The zero-order valence-electron chi connectivity index (χ0n) is 19.7. The number of amides is 1. The number of aldehydes is 1. The van der Waals surface area contributed by atoms with Crippen molar-refractivity contribution in [3.63, 3.8) is 0 Å². The van der Waals surface area contributed by atoms with E-state index in [1.54, 1.807) is 6.07 Å². The van der Waals surface area contributed by atoms with Crippen LogP contribution in [0.1, 0.15) is 51.8 Å². The Hall–Kier alpha value is -4.03. The van der Waals surface area contributed by atoms with Gasteiger partial charge in [0.25, 0.3) is 0 Å². The van der Waals surface area contributed by atoms with Crippen LogP contribution in [0.2, 0.25) is 0 Å². The highest BCUT2D eigenvalue weighted by Gasteiger charge is 2.25. The third-order valence-electron chi connectivity index (χ3n) is 6.28. The molecule has 1 unspecified atom stereocenters. The van der Waals surface area contributed by atoms with Gasteiger partial charge in [-0.25, -0.2) is 0 Å². The smallest absolute Gasteiger partial charge is 0.221 e. The largest absolute Gasteiger partial charge is 0.349 e. The fraction of sp³-hybridized carbons (Fsp3) is 0.167. The second-order valence-corrected chi connectivity index (χ2v) is 9.49. The van der Waals surface area contributed by atoms with E-state index in [9.17, 15) is 18.0 Å². The molecule has 0 aliphatic heterocycles. The Morgan fingerprint density at radius 3 is 2.08 bits per heavy atom. The normalized spacial score (nSPS) is 14.6. The highest BCUT2D eigenvalue weighted by atomic mass is 32.2. The molecule has 0 bridgehead atoms. The molecule has 0 saturated carbocycles. The van der Waals surface area contributed by atoms with E-state index in [2.05, 4.69) is 53.8 Å². The fourth-order valence-electron chi connectivity index (χ4n) is 4.53. The summed E-state index contributed by atoms with van der Waals surface area (Å²) in [5, 5.41) is 6.78. The van der Waals surface area contributed by atoms with E-state index in [0.717, 1.165) is 41.2 Å². The minimum absolute atomic E-state index is 0.0657. The maximum atomic E-state index is 12.5. The molecule has 1 aliphatic carbocycles. The van der Waals surface area contributed by atoms with Crippen molar-refractivity contribution in [3.05, 3.63) is 119 Å². The standard InChI is InChI=1S/C20H19NO4S.C10H8/c22-12-14-6-8-18-16(10-14)7-9-19(18)21-20(23)11-17(13-26(24)25)15-4-2-1-3-5-15;1-2-6-10-8-4-3-7-9(10)5-1/h1-6,8,10,12-13,17,19H,7,9,11H2,(H,21,23);1-8H/t17?,19-;/m1./s1. The lowest BCUT2D eigenvalue weighted by Gasteiger charge is -2.17. The van der Waals surface area contributed by atoms with Crippen LogP contribution >= 0.6 is 0 Å². The van der Waals surface area contributed by atoms with Gasteiger partial charge in [-0.15, -0.1) is 0 Å². The molecule has 0 radical (unpaired) electrons. The molecular formula is C30H27NO4S. The average Bonchev–Trinajstić information content (AvgIpc) is 3.30. The van der Waals surface area contributed by atoms with E-state index in [0.29, 0.717) is 5.56 Å². The highest BCUT2D eigenvalue weighted by Crippen LogP contribution is 2.32. The first-order chi connectivity index (χ1) is 17.5. The molecule has 182 valence electrons. The first-order valence-electron chi connectivity index (χ1n) is 11.8. The van der Waals surface area contributed by atoms with E-state index in [4.69, 9.17) is 0 Å². The maximum absolute atomic E-state index is 12.5. The Labute approximate surface area is 212 Å². The van der Waals surface area contributed by atoms with Crippen LogP contribution in [0.5, 0.6) is 0 Å². The van der Waals surface area contributed by atoms with Crippen molar-refractivity contribution < 1.29 is 18.0 Å². The lowest BCUT2D eigenvalue weighted by atomic mass is 9.97. The third kappa shape index (κ3) is 6.55. The second-order valence-electron chi connectivity index (χ2n) is 8.70. The molecule has 6 heteroatoms. The van der Waals surface area contributed by atoms with Crippen LogP contribution in [0.15, 0.2) is 97.1 Å². The van der Waals surface area contributed by atoms with Gasteiger partial charge in [0.15, 0.2) is 0 Å². The lowest BCUT2D eigenvalue weighted by molar-refractivity contribution is -0.121. The van der Waals surface area contributed by atoms with Gasteiger partial charge in [-0.05, 0) is 46.4 Å². The number of benzene rings is 4. The lowest BCUT2D eigenvalue weighted by Crippen LogP contribution is -2.28. The summed E-state index contributed by atoms with van der Waals surface area (Å²) in [6.45, 7) is 0. The quantitative estimate of drug-likeness (QED) is 0.290. The number of hydrogen-bond acceptors (Lipinski definition) is 4. The van der Waals surface area contributed by atoms with Gasteiger partial charge in [0.2, 0.25) is 16.2 Å². The minimum atomic E-state index is -2.34. The van der Waals surface area contributed by atoms with Crippen molar-refractivity contribution in [2.75, 3.05) is 0 Å². The van der Waals surface area contributed by atoms with Gasteiger partial charge in [0.1, 0.15) is 6.29 Å². The van der Waals surface area contributed by atoms with Crippen LogP contribution in [-0.2, 0) is 21.5 Å². The number of fused-ring (bicyclic) bond motifs is 2. The van der Waals surface area contributed by atoms with Gasteiger partial charge < -0.3 is 5.32 Å². The van der Waals surface area contributed by atoms with Gasteiger partial charge in [-0.1, -0.05) is 91.0 Å². The summed E-state index contributed by atoms with van der Waals surface area (Å²) in [7, 11) is -2.34. The fourth-order valence-corrected chi connectivity index (χ4v) is 5.05. The Morgan fingerprint density at radius 1 is 0.889 bits per heavy atom. The van der Waals surface area contributed by atoms with Crippen molar-refractivity contribution in [2.24, 2.45) is 0 Å². The van der Waals surface area contributed by atoms with Crippen LogP contribution < -0.4 is 5.32 Å². The van der Waals surface area contributed by atoms with E-state index < -0.39 is 16.2 Å². The predicted molar refractivity (Wildman–Crippen MR) is 144 cm³/mol. The molecule has 5 rings (SSSR count). The SMILES string of the molecule is O=Cc1ccc2c(c1)CC[C@H]2NC(=O)CC(C=S(=O)=O)c1ccccc1.c1ccc2ccccc2c1. The number of aryl methyl sites for hydroxylation is 1. The number of nitrogens with one attached hydrogen (secondary N) is 1. The van der Waals surface area contributed by atoms with Crippen LogP contribution in [0.3, 0.4) is 0 Å². The maximum Gasteiger partial charge on any atom is 0.221 e. The summed E-state index contributed by atoms with van der Waals surface area (Å²) < 4.78 is 22.2. The molecule has 0 spiro atoms. The number of carbonyl (C=O) groups excluding carboxylic acids is 2. The molecule has 2 atom stereocenters. The van der Waals surface area contributed by atoms with Gasteiger partial charge in [0, 0.05) is 23.3 Å². The second kappa shape index (κ2) is 12.1. The molecular weight excluding hydrogens is 470 g/mol. The zero-order chi connectivity index (χ0) is 25.3. The van der Waals surface area contributed by atoms with Gasteiger partial charge in [-0.2, -0.15) is 8.42 Å². The molecule has 4 aromatic rings. The molecule has 4 aromatic carbocycles. The van der Waals surface area contributed by atoms with E-state index in [-0.39, 0.29) is 18.4 Å². The highest BCUT2D eigenvalue weighted by molar-refractivity contribution is 7.71. The molecule has 0 aromatic heterocycles. The monoisotopic (exact) mass is 497 g/mol. The van der Waals surface area contributed by atoms with Crippen LogP contribution in [0, 0.1) is 0 Å². The van der Waals surface area contributed by atoms with Gasteiger partial charge in [-0.3, -0.25) is 9.59 Å². The first kappa shape index (κ1) is 25.1. The molecule has 0 heterocycles. The summed E-state index contributed by atoms with van der Waals surface area (Å²) in [5.74, 6) is -0.689. The minimum Gasteiger partial charge on any atom is -0.349 e. The van der Waals surface area contributed by atoms with Crippen molar-refractivity contribution >= 4 is 38.6 Å². The molecule has 36 heavy (non-hydrogen) atoms. The average molecular weight is 498 g/mol. The topological polar surface area (TPSA) is 80.3 Å². The summed E-state index contributed by atoms with van der Waals surface area (Å²) >= 11 is 0. The van der Waals surface area contributed by atoms with Crippen LogP contribution in [-0.4, -0.2) is 26.0 Å². The van der Waals surface area contributed by atoms with E-state index in [1.807, 2.05) is 42.5 Å². The molecule has 1 amide bonds. The molecule has 5 nitrogen and oxygen atoms in total. The van der Waals surface area contributed by atoms with E-state index >= 15 is 0 Å². The van der Waals surface area contributed by atoms with Crippen LogP contribution in [0.4, 0.5) is 0 Å². The molecule has 0 fully saturated rings. The van der Waals surface area contributed by atoms with Gasteiger partial charge in [0.05, 0.1) is 6.04 Å². The van der Waals surface area contributed by atoms with Gasteiger partial charge >= 0.3 is 0 Å². The molecule has 1 N–H and O–H groups in total. The van der Waals surface area contributed by atoms with Crippen molar-refractivity contribution in [3.8, 4) is 0 Å². The third-order valence-corrected chi connectivity index (χ3v) is 6.83. The summed E-state index contributed by atoms with van der Waals surface area (Å²) in [5.41, 5.74) is 3.52. The first-order valence-corrected chi connectivity index (χ1v) is 13.0. The van der Waals surface area contributed by atoms with Crippen LogP contribution in [0.25, 0.3) is 10.8 Å². The Balaban J connectivity index is 0.000000251. The van der Waals surface area contributed by atoms with Crippen molar-refractivity contribution in [1.82, 2.24) is 5.32 Å².